The largest absolute Gasteiger partial charge is 0.493 e. The van der Waals surface area contributed by atoms with E-state index in [0.29, 0.717) is 35.0 Å². The standard InChI is InChI=1S/C23H27NO4/c1-26-20-7-2-3-8-21(20)27-13-15-9-10-22(28-15)23(25)24-19-12-14-11-18(19)17-6-4-5-16(14)17/h2-3,7-10,14,16-19H,4-6,11-13H2,1H3,(H,24,25). The molecule has 2 aromatic rings. The lowest BCUT2D eigenvalue weighted by atomic mass is 9.79. The number of amides is 1. The molecule has 3 aliphatic rings. The van der Waals surface area contributed by atoms with Crippen LogP contribution in [-0.4, -0.2) is 19.1 Å². The molecule has 1 amide bonds. The smallest absolute Gasteiger partial charge is 0.287 e. The highest BCUT2D eigenvalue weighted by atomic mass is 16.5. The Bertz CT molecular complexity index is 860. The highest BCUT2D eigenvalue weighted by molar-refractivity contribution is 5.91. The second-order valence-corrected chi connectivity index (χ2v) is 8.44. The maximum absolute atomic E-state index is 12.7. The molecule has 3 aliphatic carbocycles. The van der Waals surface area contributed by atoms with Gasteiger partial charge in [0.05, 0.1) is 7.11 Å². The van der Waals surface area contributed by atoms with Gasteiger partial charge in [-0.05, 0) is 73.6 Å². The lowest BCUT2D eigenvalue weighted by Crippen LogP contribution is -2.42. The average Bonchev–Trinajstić information content (AvgIpc) is 3.48. The molecule has 5 rings (SSSR count). The van der Waals surface area contributed by atoms with E-state index in [1.807, 2.05) is 24.3 Å². The summed E-state index contributed by atoms with van der Waals surface area (Å²) in [5.41, 5.74) is 0. The van der Waals surface area contributed by atoms with Crippen LogP contribution in [0.25, 0.3) is 0 Å². The third-order valence-corrected chi connectivity index (χ3v) is 7.07. The zero-order chi connectivity index (χ0) is 19.1. The maximum Gasteiger partial charge on any atom is 0.287 e. The molecule has 5 nitrogen and oxygen atoms in total. The van der Waals surface area contributed by atoms with Crippen molar-refractivity contribution in [3.05, 3.63) is 47.9 Å². The highest BCUT2D eigenvalue weighted by Crippen LogP contribution is 2.58. The van der Waals surface area contributed by atoms with E-state index < -0.39 is 0 Å². The van der Waals surface area contributed by atoms with Gasteiger partial charge in [-0.3, -0.25) is 4.79 Å². The van der Waals surface area contributed by atoms with E-state index in [1.165, 1.54) is 25.7 Å². The third-order valence-electron chi connectivity index (χ3n) is 7.07. The van der Waals surface area contributed by atoms with Crippen molar-refractivity contribution in [3.8, 4) is 11.5 Å². The van der Waals surface area contributed by atoms with Crippen molar-refractivity contribution in [3.63, 3.8) is 0 Å². The lowest BCUT2D eigenvalue weighted by Gasteiger charge is -2.31. The number of fused-ring (bicyclic) bond motifs is 5. The highest BCUT2D eigenvalue weighted by Gasteiger charge is 2.54. The van der Waals surface area contributed by atoms with E-state index in [0.717, 1.165) is 24.2 Å². The van der Waals surface area contributed by atoms with E-state index in [1.54, 1.807) is 19.2 Å². The van der Waals surface area contributed by atoms with Gasteiger partial charge in [0.15, 0.2) is 17.3 Å². The third kappa shape index (κ3) is 3.07. The predicted molar refractivity (Wildman–Crippen MR) is 104 cm³/mol. The van der Waals surface area contributed by atoms with Crippen LogP contribution in [-0.2, 0) is 6.61 Å². The van der Waals surface area contributed by atoms with Gasteiger partial charge in [0, 0.05) is 6.04 Å². The van der Waals surface area contributed by atoms with Crippen LogP contribution in [0.15, 0.2) is 40.8 Å². The molecule has 28 heavy (non-hydrogen) atoms. The summed E-state index contributed by atoms with van der Waals surface area (Å²) in [6, 6.07) is 11.3. The van der Waals surface area contributed by atoms with Crippen molar-refractivity contribution in [2.24, 2.45) is 23.7 Å². The van der Waals surface area contributed by atoms with Crippen molar-refractivity contribution in [2.45, 2.75) is 44.8 Å². The van der Waals surface area contributed by atoms with Gasteiger partial charge < -0.3 is 19.2 Å². The molecule has 1 aromatic carbocycles. The summed E-state index contributed by atoms with van der Waals surface area (Å²) < 4.78 is 16.8. The number of methoxy groups -OCH3 is 1. The second kappa shape index (κ2) is 7.19. The molecule has 1 N–H and O–H groups in total. The fraction of sp³-hybridized carbons (Fsp3) is 0.522. The molecule has 1 aromatic heterocycles. The summed E-state index contributed by atoms with van der Waals surface area (Å²) in [5, 5.41) is 3.25. The molecular formula is C23H27NO4. The van der Waals surface area contributed by atoms with Gasteiger partial charge in [0.2, 0.25) is 0 Å². The van der Waals surface area contributed by atoms with Crippen LogP contribution in [0.2, 0.25) is 0 Å². The molecular weight excluding hydrogens is 354 g/mol. The fourth-order valence-electron chi connectivity index (χ4n) is 5.94. The number of nitrogens with one attached hydrogen (secondary N) is 1. The molecule has 5 unspecified atom stereocenters. The maximum atomic E-state index is 12.7. The van der Waals surface area contributed by atoms with E-state index in [9.17, 15) is 4.79 Å². The minimum atomic E-state index is -0.101. The van der Waals surface area contributed by atoms with Crippen LogP contribution in [0.1, 0.15) is 48.4 Å². The van der Waals surface area contributed by atoms with Gasteiger partial charge >= 0.3 is 0 Å². The Hall–Kier alpha value is -2.43. The van der Waals surface area contributed by atoms with E-state index >= 15 is 0 Å². The first-order valence-electron chi connectivity index (χ1n) is 10.4. The number of carbonyl (C=O) groups excluding carboxylic acids is 1. The molecule has 0 saturated heterocycles. The predicted octanol–water partition coefficient (Wildman–Crippen LogP) is 4.42. The minimum Gasteiger partial charge on any atom is -0.493 e. The summed E-state index contributed by atoms with van der Waals surface area (Å²) in [4.78, 5) is 12.7. The first-order chi connectivity index (χ1) is 13.7. The van der Waals surface area contributed by atoms with Crippen molar-refractivity contribution >= 4 is 5.91 Å². The number of ether oxygens (including phenoxy) is 2. The SMILES string of the molecule is COc1ccccc1OCc1ccc(C(=O)NC2CC3CC2C2CCCC32)o1. The Morgan fingerprint density at radius 2 is 1.89 bits per heavy atom. The number of rotatable bonds is 6. The Morgan fingerprint density at radius 1 is 1.07 bits per heavy atom. The van der Waals surface area contributed by atoms with E-state index in [4.69, 9.17) is 13.9 Å². The summed E-state index contributed by atoms with van der Waals surface area (Å²) >= 11 is 0. The molecule has 0 radical (unpaired) electrons. The minimum absolute atomic E-state index is 0.101. The normalized spacial score (nSPS) is 30.2. The molecule has 0 aliphatic heterocycles. The Morgan fingerprint density at radius 3 is 2.75 bits per heavy atom. The van der Waals surface area contributed by atoms with E-state index in [2.05, 4.69) is 5.32 Å². The number of furan rings is 1. The monoisotopic (exact) mass is 381 g/mol. The average molecular weight is 381 g/mol. The lowest BCUT2D eigenvalue weighted by molar-refractivity contribution is 0.0869. The Labute approximate surface area is 165 Å². The van der Waals surface area contributed by atoms with Crippen LogP contribution >= 0.6 is 0 Å². The zero-order valence-corrected chi connectivity index (χ0v) is 16.2. The van der Waals surface area contributed by atoms with Gasteiger partial charge in [-0.25, -0.2) is 0 Å². The molecule has 3 fully saturated rings. The van der Waals surface area contributed by atoms with Crippen molar-refractivity contribution in [1.82, 2.24) is 5.32 Å². The number of para-hydroxylation sites is 2. The van der Waals surface area contributed by atoms with Crippen LogP contribution < -0.4 is 14.8 Å². The van der Waals surface area contributed by atoms with Crippen molar-refractivity contribution < 1.29 is 18.7 Å². The first kappa shape index (κ1) is 17.7. The molecule has 1 heterocycles. The van der Waals surface area contributed by atoms with Crippen LogP contribution in [0, 0.1) is 23.7 Å². The van der Waals surface area contributed by atoms with Crippen LogP contribution in [0.3, 0.4) is 0 Å². The number of hydrogen-bond donors (Lipinski definition) is 1. The summed E-state index contributed by atoms with van der Waals surface area (Å²) in [7, 11) is 1.61. The van der Waals surface area contributed by atoms with Gasteiger partial charge in [-0.1, -0.05) is 18.6 Å². The first-order valence-corrected chi connectivity index (χ1v) is 10.4. The van der Waals surface area contributed by atoms with Gasteiger partial charge in [0.25, 0.3) is 5.91 Å². The molecule has 148 valence electrons. The second-order valence-electron chi connectivity index (χ2n) is 8.44. The quantitative estimate of drug-likeness (QED) is 0.805. The van der Waals surface area contributed by atoms with Gasteiger partial charge in [0.1, 0.15) is 12.4 Å². The van der Waals surface area contributed by atoms with Gasteiger partial charge in [-0.15, -0.1) is 0 Å². The fourth-order valence-corrected chi connectivity index (χ4v) is 5.94. The molecule has 0 spiro atoms. The van der Waals surface area contributed by atoms with Crippen molar-refractivity contribution in [2.75, 3.05) is 7.11 Å². The molecule has 5 atom stereocenters. The van der Waals surface area contributed by atoms with Crippen molar-refractivity contribution in [1.29, 1.82) is 0 Å². The van der Waals surface area contributed by atoms with Crippen LogP contribution in [0.5, 0.6) is 11.5 Å². The summed E-state index contributed by atoms with van der Waals surface area (Å²) in [6.07, 6.45) is 6.57. The van der Waals surface area contributed by atoms with Gasteiger partial charge in [-0.2, -0.15) is 0 Å². The number of benzene rings is 1. The molecule has 5 heteroatoms. The number of hydrogen-bond acceptors (Lipinski definition) is 4. The van der Waals surface area contributed by atoms with E-state index in [-0.39, 0.29) is 12.5 Å². The Balaban J connectivity index is 1.19. The molecule has 2 bridgehead atoms. The molecule has 3 saturated carbocycles. The Kier molecular flexibility index (Phi) is 4.53. The summed E-state index contributed by atoms with van der Waals surface area (Å²) in [6.45, 7) is 0.255. The van der Waals surface area contributed by atoms with Crippen LogP contribution in [0.4, 0.5) is 0 Å². The topological polar surface area (TPSA) is 60.7 Å². The number of carbonyl (C=O) groups is 1. The summed E-state index contributed by atoms with van der Waals surface area (Å²) in [5.74, 6) is 5.48. The zero-order valence-electron chi connectivity index (χ0n) is 16.2.